The van der Waals surface area contributed by atoms with Crippen LogP contribution in [0.25, 0.3) is 0 Å². The number of carboxylic acid groups (broad SMARTS) is 1. The van der Waals surface area contributed by atoms with Crippen LogP contribution in [0.1, 0.15) is 6.42 Å². The molecule has 0 spiro atoms. The van der Waals surface area contributed by atoms with Crippen molar-refractivity contribution in [3.63, 3.8) is 0 Å². The van der Waals surface area contributed by atoms with Crippen molar-refractivity contribution in [1.29, 1.82) is 0 Å². The average Bonchev–Trinajstić information content (AvgIpc) is 2.35. The summed E-state index contributed by atoms with van der Waals surface area (Å²) in [5.41, 5.74) is -1.63. The molecule has 1 saturated heterocycles. The predicted molar refractivity (Wildman–Crippen MR) is 39.4 cm³/mol. The molecule has 3 nitrogen and oxygen atoms in total. The number of aliphatic carboxylic acids is 1. The highest BCUT2D eigenvalue weighted by Gasteiger charge is 2.44. The highest BCUT2D eigenvalue weighted by Crippen LogP contribution is 2.32. The van der Waals surface area contributed by atoms with E-state index in [1.54, 1.807) is 0 Å². The highest BCUT2D eigenvalue weighted by atomic mass is 32.2. The Morgan fingerprint density at radius 2 is 2.36 bits per heavy atom. The third kappa shape index (κ3) is 1.65. The normalized spacial score (nSPS) is 33.6. The van der Waals surface area contributed by atoms with Crippen LogP contribution in [-0.4, -0.2) is 39.5 Å². The Labute approximate surface area is 67.6 Å². The Bertz CT molecular complexity index is 167. The van der Waals surface area contributed by atoms with Crippen molar-refractivity contribution >= 4 is 17.7 Å². The molecule has 2 atom stereocenters. The second-order valence-corrected chi connectivity index (χ2v) is 3.71. The minimum atomic E-state index is -2.14. The maximum atomic E-state index is 12.8. The van der Waals surface area contributed by atoms with Gasteiger partial charge in [-0.25, -0.2) is 9.18 Å². The van der Waals surface area contributed by atoms with Crippen LogP contribution in [0.5, 0.6) is 0 Å². The van der Waals surface area contributed by atoms with E-state index >= 15 is 0 Å². The van der Waals surface area contributed by atoms with Gasteiger partial charge in [-0.1, -0.05) is 0 Å². The van der Waals surface area contributed by atoms with Gasteiger partial charge >= 0.3 is 5.97 Å². The molecule has 11 heavy (non-hydrogen) atoms. The van der Waals surface area contributed by atoms with E-state index in [9.17, 15) is 14.3 Å². The fourth-order valence-electron chi connectivity index (χ4n) is 1.000. The lowest BCUT2D eigenvalue weighted by atomic mass is 9.98. The van der Waals surface area contributed by atoms with E-state index in [0.29, 0.717) is 5.75 Å². The molecule has 1 rings (SSSR count). The van der Waals surface area contributed by atoms with Crippen molar-refractivity contribution in [1.82, 2.24) is 0 Å². The maximum Gasteiger partial charge on any atom is 0.341 e. The lowest BCUT2D eigenvalue weighted by molar-refractivity contribution is -0.152. The van der Waals surface area contributed by atoms with E-state index in [0.717, 1.165) is 0 Å². The lowest BCUT2D eigenvalue weighted by Crippen LogP contribution is -2.44. The molecule has 0 bridgehead atoms. The lowest BCUT2D eigenvalue weighted by Gasteiger charge is -2.21. The Morgan fingerprint density at radius 1 is 1.73 bits per heavy atom. The molecule has 2 N–H and O–H groups in total. The van der Waals surface area contributed by atoms with Crippen molar-refractivity contribution in [3.8, 4) is 0 Å². The van der Waals surface area contributed by atoms with Crippen LogP contribution in [0.3, 0.4) is 0 Å². The SMILES string of the molecule is O=C(O)C(F)C1(O)CCSC1. The third-order valence-corrected chi connectivity index (χ3v) is 2.92. The number of aliphatic hydroxyl groups is 1. The molecule has 0 aromatic heterocycles. The summed E-state index contributed by atoms with van der Waals surface area (Å²) in [5, 5.41) is 17.6. The average molecular weight is 180 g/mol. The maximum absolute atomic E-state index is 12.8. The smallest absolute Gasteiger partial charge is 0.341 e. The topological polar surface area (TPSA) is 57.5 Å². The van der Waals surface area contributed by atoms with E-state index in [-0.39, 0.29) is 12.2 Å². The molecule has 0 aromatic rings. The number of alkyl halides is 1. The molecule has 1 aliphatic rings. The molecular weight excluding hydrogens is 171 g/mol. The number of hydrogen-bond acceptors (Lipinski definition) is 3. The summed E-state index contributed by atoms with van der Waals surface area (Å²) in [5.74, 6) is -0.764. The molecule has 0 aromatic carbocycles. The number of carbonyl (C=O) groups is 1. The van der Waals surface area contributed by atoms with Gasteiger partial charge in [-0.05, 0) is 12.2 Å². The van der Waals surface area contributed by atoms with Gasteiger partial charge in [0.1, 0.15) is 5.60 Å². The standard InChI is InChI=1S/C6H9FO3S/c7-4(5(8)9)6(10)1-2-11-3-6/h4,10H,1-3H2,(H,8,9). The summed E-state index contributed by atoms with van der Waals surface area (Å²) in [6, 6.07) is 0. The van der Waals surface area contributed by atoms with Crippen LogP contribution in [-0.2, 0) is 4.79 Å². The summed E-state index contributed by atoms with van der Waals surface area (Å²) in [6.07, 6.45) is -1.91. The predicted octanol–water partition coefficient (Wildman–Crippen LogP) is 0.277. The zero-order valence-electron chi connectivity index (χ0n) is 5.79. The minimum Gasteiger partial charge on any atom is -0.479 e. The molecule has 0 radical (unpaired) electrons. The van der Waals surface area contributed by atoms with Gasteiger partial charge in [0.25, 0.3) is 0 Å². The van der Waals surface area contributed by atoms with Crippen LogP contribution in [0.15, 0.2) is 0 Å². The first-order valence-electron chi connectivity index (χ1n) is 3.23. The monoisotopic (exact) mass is 180 g/mol. The molecule has 5 heteroatoms. The van der Waals surface area contributed by atoms with Gasteiger partial charge in [-0.15, -0.1) is 0 Å². The van der Waals surface area contributed by atoms with Crippen LogP contribution in [0.2, 0.25) is 0 Å². The number of rotatable bonds is 2. The summed E-state index contributed by atoms with van der Waals surface area (Å²) in [6.45, 7) is 0. The van der Waals surface area contributed by atoms with Gasteiger partial charge in [-0.2, -0.15) is 11.8 Å². The second kappa shape index (κ2) is 2.98. The summed E-state index contributed by atoms with van der Waals surface area (Å²) >= 11 is 1.37. The number of halogens is 1. The van der Waals surface area contributed by atoms with Crippen molar-refractivity contribution < 1.29 is 19.4 Å². The number of hydrogen-bond donors (Lipinski definition) is 2. The second-order valence-electron chi connectivity index (χ2n) is 2.61. The van der Waals surface area contributed by atoms with Crippen LogP contribution < -0.4 is 0 Å². The molecule has 64 valence electrons. The third-order valence-electron chi connectivity index (χ3n) is 1.72. The van der Waals surface area contributed by atoms with Gasteiger partial charge < -0.3 is 10.2 Å². The molecule has 0 aliphatic carbocycles. The highest BCUT2D eigenvalue weighted by molar-refractivity contribution is 7.99. The van der Waals surface area contributed by atoms with Crippen molar-refractivity contribution in [3.05, 3.63) is 0 Å². The van der Waals surface area contributed by atoms with Gasteiger partial charge in [0.2, 0.25) is 6.17 Å². The number of thioether (sulfide) groups is 1. The minimum absolute atomic E-state index is 0.181. The Morgan fingerprint density at radius 3 is 2.73 bits per heavy atom. The van der Waals surface area contributed by atoms with Gasteiger partial charge in [-0.3, -0.25) is 0 Å². The molecular formula is C6H9FO3S. The van der Waals surface area contributed by atoms with Crippen molar-refractivity contribution in [2.24, 2.45) is 0 Å². The van der Waals surface area contributed by atoms with E-state index in [1.807, 2.05) is 0 Å². The molecule has 0 saturated carbocycles. The number of carboxylic acids is 1. The molecule has 0 amide bonds. The van der Waals surface area contributed by atoms with E-state index in [2.05, 4.69) is 0 Å². The quantitative estimate of drug-likeness (QED) is 0.640. The van der Waals surface area contributed by atoms with Crippen LogP contribution >= 0.6 is 11.8 Å². The first-order valence-corrected chi connectivity index (χ1v) is 4.39. The van der Waals surface area contributed by atoms with Crippen molar-refractivity contribution in [2.75, 3.05) is 11.5 Å². The Balaban J connectivity index is 2.63. The summed E-state index contributed by atoms with van der Waals surface area (Å²) in [4.78, 5) is 10.1. The zero-order valence-corrected chi connectivity index (χ0v) is 6.60. The van der Waals surface area contributed by atoms with E-state index in [1.165, 1.54) is 11.8 Å². The van der Waals surface area contributed by atoms with Crippen LogP contribution in [0, 0.1) is 0 Å². The fraction of sp³-hybridized carbons (Fsp3) is 0.833. The van der Waals surface area contributed by atoms with E-state index in [4.69, 9.17) is 5.11 Å². The Kier molecular flexibility index (Phi) is 2.39. The van der Waals surface area contributed by atoms with Crippen molar-refractivity contribution in [2.45, 2.75) is 18.2 Å². The Hall–Kier alpha value is -0.290. The first-order chi connectivity index (χ1) is 5.06. The van der Waals surface area contributed by atoms with Gasteiger partial charge in [0.15, 0.2) is 0 Å². The van der Waals surface area contributed by atoms with Crippen LogP contribution in [0.4, 0.5) is 4.39 Å². The molecule has 2 unspecified atom stereocenters. The fourth-order valence-corrected chi connectivity index (χ4v) is 2.29. The zero-order chi connectivity index (χ0) is 8.48. The largest absolute Gasteiger partial charge is 0.479 e. The molecule has 1 fully saturated rings. The molecule has 1 aliphatic heterocycles. The van der Waals surface area contributed by atoms with E-state index < -0.39 is 17.7 Å². The molecule has 1 heterocycles. The summed E-state index contributed by atoms with van der Waals surface area (Å²) in [7, 11) is 0. The first kappa shape index (κ1) is 8.80. The van der Waals surface area contributed by atoms with Gasteiger partial charge in [0, 0.05) is 5.75 Å². The summed E-state index contributed by atoms with van der Waals surface area (Å²) < 4.78 is 12.8. The van der Waals surface area contributed by atoms with Gasteiger partial charge in [0.05, 0.1) is 0 Å².